The largest absolute Gasteiger partial charge is 0.439 e. The van der Waals surface area contributed by atoms with Crippen molar-refractivity contribution in [1.82, 2.24) is 20.5 Å². The number of guanidine groups is 1. The molecule has 7 heteroatoms. The quantitative estimate of drug-likeness (QED) is 0.248. The number of halogens is 1. The molecule has 2 heterocycles. The van der Waals surface area contributed by atoms with Crippen LogP contribution in [0.1, 0.15) is 42.8 Å². The van der Waals surface area contributed by atoms with Gasteiger partial charge < -0.3 is 15.1 Å². The van der Waals surface area contributed by atoms with Crippen LogP contribution in [0.4, 0.5) is 0 Å². The second-order valence-corrected chi connectivity index (χ2v) is 8.45. The lowest BCUT2D eigenvalue weighted by Gasteiger charge is -2.36. The molecular formula is C26H34IN5O. The van der Waals surface area contributed by atoms with Gasteiger partial charge >= 0.3 is 0 Å². The van der Waals surface area contributed by atoms with Crippen LogP contribution < -0.4 is 10.6 Å². The maximum atomic E-state index is 5.91. The summed E-state index contributed by atoms with van der Waals surface area (Å²) in [4.78, 5) is 11.4. The van der Waals surface area contributed by atoms with Crippen LogP contribution in [-0.4, -0.2) is 42.0 Å². The number of aromatic nitrogens is 1. The molecule has 1 fully saturated rings. The molecule has 2 aromatic carbocycles. The predicted molar refractivity (Wildman–Crippen MR) is 145 cm³/mol. The number of benzene rings is 2. The van der Waals surface area contributed by atoms with Crippen LogP contribution in [0, 0.1) is 6.92 Å². The first-order valence-corrected chi connectivity index (χ1v) is 11.4. The van der Waals surface area contributed by atoms with Gasteiger partial charge in [-0.05, 0) is 32.3 Å². The molecular weight excluding hydrogens is 525 g/mol. The van der Waals surface area contributed by atoms with Gasteiger partial charge in [-0.25, -0.2) is 4.98 Å². The fraction of sp³-hybridized carbons (Fsp3) is 0.385. The van der Waals surface area contributed by atoms with Gasteiger partial charge in [0.2, 0.25) is 5.89 Å². The average molecular weight is 559 g/mol. The summed E-state index contributed by atoms with van der Waals surface area (Å²) in [5.74, 6) is 2.22. The molecule has 1 saturated heterocycles. The number of rotatable bonds is 6. The van der Waals surface area contributed by atoms with Gasteiger partial charge in [0, 0.05) is 37.8 Å². The summed E-state index contributed by atoms with van der Waals surface area (Å²) in [5, 5.41) is 6.90. The van der Waals surface area contributed by atoms with E-state index in [0.717, 1.165) is 43.2 Å². The Labute approximate surface area is 213 Å². The zero-order chi connectivity index (χ0) is 22.3. The van der Waals surface area contributed by atoms with E-state index < -0.39 is 0 Å². The van der Waals surface area contributed by atoms with E-state index in [4.69, 9.17) is 4.42 Å². The number of piperidine rings is 1. The number of nitrogens with one attached hydrogen (secondary N) is 2. The lowest BCUT2D eigenvalue weighted by molar-refractivity contribution is 0.158. The minimum absolute atomic E-state index is 0. The van der Waals surface area contributed by atoms with Crippen LogP contribution in [0.25, 0.3) is 11.3 Å². The van der Waals surface area contributed by atoms with Gasteiger partial charge in [0.05, 0.1) is 12.7 Å². The molecule has 0 radical (unpaired) electrons. The first kappa shape index (κ1) is 25.2. The molecule has 4 rings (SSSR count). The number of hydrogen-bond donors (Lipinski definition) is 2. The molecule has 0 amide bonds. The summed E-state index contributed by atoms with van der Waals surface area (Å²) in [6, 6.07) is 19.9. The van der Waals surface area contributed by atoms with E-state index in [-0.39, 0.29) is 24.0 Å². The summed E-state index contributed by atoms with van der Waals surface area (Å²) in [6.07, 6.45) is 3.96. The highest BCUT2D eigenvalue weighted by molar-refractivity contribution is 14.0. The van der Waals surface area contributed by atoms with E-state index in [1.807, 2.05) is 0 Å². The third-order valence-electron chi connectivity index (χ3n) is 6.22. The van der Waals surface area contributed by atoms with Crippen LogP contribution in [0.5, 0.6) is 0 Å². The van der Waals surface area contributed by atoms with Crippen LogP contribution in [0.2, 0.25) is 0 Å². The van der Waals surface area contributed by atoms with Crippen molar-refractivity contribution in [1.29, 1.82) is 0 Å². The van der Waals surface area contributed by atoms with Crippen molar-refractivity contribution >= 4 is 29.9 Å². The Kier molecular flexibility index (Phi) is 9.31. The van der Waals surface area contributed by atoms with E-state index in [2.05, 4.69) is 94.0 Å². The first-order chi connectivity index (χ1) is 15.6. The molecule has 33 heavy (non-hydrogen) atoms. The monoisotopic (exact) mass is 559 g/mol. The molecule has 0 saturated carbocycles. The first-order valence-electron chi connectivity index (χ1n) is 11.4. The molecule has 176 valence electrons. The molecule has 1 aliphatic heterocycles. The summed E-state index contributed by atoms with van der Waals surface area (Å²) in [5.41, 5.74) is 3.64. The van der Waals surface area contributed by atoms with Crippen molar-refractivity contribution in [2.24, 2.45) is 4.99 Å². The number of likely N-dealkylation sites (tertiary alicyclic amines) is 1. The Bertz CT molecular complexity index is 1010. The minimum Gasteiger partial charge on any atom is -0.439 e. The topological polar surface area (TPSA) is 65.7 Å². The van der Waals surface area contributed by atoms with Gasteiger partial charge in [-0.1, -0.05) is 60.2 Å². The number of aryl methyl sites for hydroxylation is 1. The predicted octanol–water partition coefficient (Wildman–Crippen LogP) is 5.16. The molecule has 0 aliphatic carbocycles. The van der Waals surface area contributed by atoms with Crippen LogP contribution in [0.15, 0.2) is 70.2 Å². The third-order valence-corrected chi connectivity index (χ3v) is 6.22. The number of oxazole rings is 1. The lowest BCUT2D eigenvalue weighted by atomic mass is 10.0. The van der Waals surface area contributed by atoms with Crippen molar-refractivity contribution in [2.75, 3.05) is 20.1 Å². The maximum absolute atomic E-state index is 5.91. The Morgan fingerprint density at radius 1 is 1.12 bits per heavy atom. The molecule has 1 unspecified atom stereocenters. The van der Waals surface area contributed by atoms with Crippen molar-refractivity contribution in [3.05, 3.63) is 77.8 Å². The number of aliphatic imine (C=N–C) groups is 1. The molecule has 1 aromatic heterocycles. The Hall–Kier alpha value is -2.39. The smallest absolute Gasteiger partial charge is 0.214 e. The van der Waals surface area contributed by atoms with E-state index in [1.54, 1.807) is 13.2 Å². The van der Waals surface area contributed by atoms with Crippen molar-refractivity contribution in [2.45, 2.75) is 45.3 Å². The van der Waals surface area contributed by atoms with Crippen molar-refractivity contribution in [3.8, 4) is 11.3 Å². The summed E-state index contributed by atoms with van der Waals surface area (Å²) < 4.78 is 5.91. The molecule has 2 N–H and O–H groups in total. The molecule has 1 aliphatic rings. The van der Waals surface area contributed by atoms with Gasteiger partial charge in [0.15, 0.2) is 11.7 Å². The van der Waals surface area contributed by atoms with Crippen LogP contribution in [-0.2, 0) is 6.54 Å². The Balaban J connectivity index is 0.00000306. The Morgan fingerprint density at radius 2 is 1.82 bits per heavy atom. The summed E-state index contributed by atoms with van der Waals surface area (Å²) in [6.45, 7) is 7.01. The van der Waals surface area contributed by atoms with Gasteiger partial charge in [0.25, 0.3) is 0 Å². The van der Waals surface area contributed by atoms with E-state index in [1.165, 1.54) is 11.1 Å². The number of hydrogen-bond acceptors (Lipinski definition) is 4. The second kappa shape index (κ2) is 12.2. The fourth-order valence-electron chi connectivity index (χ4n) is 4.16. The lowest BCUT2D eigenvalue weighted by Crippen LogP contribution is -2.48. The third kappa shape index (κ3) is 6.80. The van der Waals surface area contributed by atoms with Crippen molar-refractivity contribution in [3.63, 3.8) is 0 Å². The average Bonchev–Trinajstić information content (AvgIpc) is 3.32. The van der Waals surface area contributed by atoms with E-state index in [0.29, 0.717) is 24.5 Å². The Morgan fingerprint density at radius 3 is 2.48 bits per heavy atom. The van der Waals surface area contributed by atoms with Gasteiger partial charge in [-0.2, -0.15) is 0 Å². The fourth-order valence-corrected chi connectivity index (χ4v) is 4.16. The highest BCUT2D eigenvalue weighted by atomic mass is 127. The van der Waals surface area contributed by atoms with E-state index >= 15 is 0 Å². The zero-order valence-electron chi connectivity index (χ0n) is 19.6. The van der Waals surface area contributed by atoms with Gasteiger partial charge in [-0.15, -0.1) is 24.0 Å². The minimum atomic E-state index is 0. The van der Waals surface area contributed by atoms with Crippen LogP contribution >= 0.6 is 24.0 Å². The normalized spacial score (nSPS) is 16.2. The van der Waals surface area contributed by atoms with Crippen molar-refractivity contribution < 1.29 is 4.42 Å². The molecule has 6 nitrogen and oxygen atoms in total. The van der Waals surface area contributed by atoms with Crippen LogP contribution in [0.3, 0.4) is 0 Å². The molecule has 1 atom stereocenters. The zero-order valence-corrected chi connectivity index (χ0v) is 22.0. The SMILES string of the molecule is CN=C(NCc1ncc(-c2ccc(C)cc2)o1)NC1CCN(C(C)c2ccccc2)CC1.I. The second-order valence-electron chi connectivity index (χ2n) is 8.45. The molecule has 3 aromatic rings. The van der Waals surface area contributed by atoms with E-state index in [9.17, 15) is 0 Å². The standard InChI is InChI=1S/C26H33N5O.HI/c1-19-9-11-22(12-10-19)24-17-28-25(32-24)18-29-26(27-3)30-23-13-15-31(16-14-23)20(2)21-7-5-4-6-8-21;/h4-12,17,20,23H,13-16,18H2,1-3H3,(H2,27,29,30);1H. The molecule has 0 bridgehead atoms. The summed E-state index contributed by atoms with van der Waals surface area (Å²) in [7, 11) is 1.80. The highest BCUT2D eigenvalue weighted by Crippen LogP contribution is 2.24. The van der Waals surface area contributed by atoms with Gasteiger partial charge in [-0.3, -0.25) is 9.89 Å². The highest BCUT2D eigenvalue weighted by Gasteiger charge is 2.24. The van der Waals surface area contributed by atoms with Gasteiger partial charge in [0.1, 0.15) is 0 Å². The molecule has 0 spiro atoms. The number of nitrogens with zero attached hydrogens (tertiary/aromatic N) is 3. The summed E-state index contributed by atoms with van der Waals surface area (Å²) >= 11 is 0. The maximum Gasteiger partial charge on any atom is 0.214 e.